The van der Waals surface area contributed by atoms with Crippen LogP contribution in [0.25, 0.3) is 0 Å². The highest BCUT2D eigenvalue weighted by Gasteiger charge is 2.20. The van der Waals surface area contributed by atoms with Crippen molar-refractivity contribution in [3.63, 3.8) is 0 Å². The molecule has 2 N–H and O–H groups in total. The summed E-state index contributed by atoms with van der Waals surface area (Å²) in [6.45, 7) is 8.85. The van der Waals surface area contributed by atoms with Crippen molar-refractivity contribution in [1.29, 1.82) is 0 Å². The maximum atomic E-state index is 10.8. The summed E-state index contributed by atoms with van der Waals surface area (Å²) in [4.78, 5) is 10.8. The van der Waals surface area contributed by atoms with Crippen LogP contribution in [0.1, 0.15) is 34.1 Å². The normalized spacial score (nSPS) is 15.8. The molecule has 0 aromatic rings. The Kier molecular flexibility index (Phi) is 5.71. The van der Waals surface area contributed by atoms with Crippen LogP contribution >= 0.6 is 0 Å². The van der Waals surface area contributed by atoms with Crippen molar-refractivity contribution in [3.8, 4) is 0 Å². The molecule has 78 valence electrons. The van der Waals surface area contributed by atoms with Crippen LogP contribution in [0.5, 0.6) is 0 Å². The number of carbonyl (C=O) groups is 1. The molecule has 0 radical (unpaired) electrons. The van der Waals surface area contributed by atoms with Gasteiger partial charge in [0.2, 0.25) is 0 Å². The van der Waals surface area contributed by atoms with Crippen LogP contribution in [0.2, 0.25) is 0 Å². The number of hydrogen-bond acceptors (Lipinski definition) is 2. The molecular formula is C10H21NO2. The number of rotatable bonds is 6. The standard InChI is InChI=1S/C10H21NO2/c1-5-8(4)6-11-9(7(2)3)10(12)13/h7-9,11H,5-6H2,1-4H3,(H,12,13)/t8?,9-/m0/s1. The van der Waals surface area contributed by atoms with Gasteiger partial charge >= 0.3 is 5.97 Å². The van der Waals surface area contributed by atoms with Gasteiger partial charge in [-0.1, -0.05) is 34.1 Å². The molecule has 3 heteroatoms. The lowest BCUT2D eigenvalue weighted by molar-refractivity contribution is -0.140. The summed E-state index contributed by atoms with van der Waals surface area (Å²) in [7, 11) is 0. The molecule has 0 aliphatic rings. The zero-order chi connectivity index (χ0) is 10.4. The second kappa shape index (κ2) is 5.97. The zero-order valence-corrected chi connectivity index (χ0v) is 9.00. The highest BCUT2D eigenvalue weighted by atomic mass is 16.4. The fourth-order valence-electron chi connectivity index (χ4n) is 1.08. The average Bonchev–Trinajstić information content (AvgIpc) is 2.03. The van der Waals surface area contributed by atoms with Gasteiger partial charge in [-0.3, -0.25) is 4.79 Å². The topological polar surface area (TPSA) is 49.3 Å². The van der Waals surface area contributed by atoms with Crippen molar-refractivity contribution in [1.82, 2.24) is 5.32 Å². The van der Waals surface area contributed by atoms with Gasteiger partial charge < -0.3 is 10.4 Å². The lowest BCUT2D eigenvalue weighted by atomic mass is 10.0. The van der Waals surface area contributed by atoms with Crippen LogP contribution < -0.4 is 5.32 Å². The summed E-state index contributed by atoms with van der Waals surface area (Å²) in [6, 6.07) is -0.408. The average molecular weight is 187 g/mol. The minimum atomic E-state index is -0.752. The Morgan fingerprint density at radius 1 is 1.38 bits per heavy atom. The fourth-order valence-corrected chi connectivity index (χ4v) is 1.08. The van der Waals surface area contributed by atoms with E-state index in [1.807, 2.05) is 13.8 Å². The van der Waals surface area contributed by atoms with E-state index < -0.39 is 12.0 Å². The molecule has 0 rings (SSSR count). The van der Waals surface area contributed by atoms with Gasteiger partial charge in [-0.15, -0.1) is 0 Å². The molecule has 0 saturated carbocycles. The Labute approximate surface area is 80.5 Å². The molecule has 0 fully saturated rings. The van der Waals surface area contributed by atoms with Gasteiger partial charge in [-0.25, -0.2) is 0 Å². The highest BCUT2D eigenvalue weighted by molar-refractivity contribution is 5.73. The van der Waals surface area contributed by atoms with E-state index in [-0.39, 0.29) is 5.92 Å². The van der Waals surface area contributed by atoms with Crippen molar-refractivity contribution < 1.29 is 9.90 Å². The Morgan fingerprint density at radius 2 is 1.92 bits per heavy atom. The monoisotopic (exact) mass is 187 g/mol. The number of hydrogen-bond donors (Lipinski definition) is 2. The van der Waals surface area contributed by atoms with Gasteiger partial charge in [0, 0.05) is 0 Å². The number of carboxylic acid groups (broad SMARTS) is 1. The maximum Gasteiger partial charge on any atom is 0.320 e. The second-order valence-corrected chi connectivity index (χ2v) is 3.98. The smallest absolute Gasteiger partial charge is 0.320 e. The van der Waals surface area contributed by atoms with Gasteiger partial charge in [0.05, 0.1) is 0 Å². The molecule has 1 unspecified atom stereocenters. The second-order valence-electron chi connectivity index (χ2n) is 3.98. The third-order valence-corrected chi connectivity index (χ3v) is 2.32. The van der Waals surface area contributed by atoms with Gasteiger partial charge in [-0.2, -0.15) is 0 Å². The molecule has 3 nitrogen and oxygen atoms in total. The van der Waals surface area contributed by atoms with Crippen molar-refractivity contribution in [2.24, 2.45) is 11.8 Å². The minimum absolute atomic E-state index is 0.140. The third-order valence-electron chi connectivity index (χ3n) is 2.32. The predicted octanol–water partition coefficient (Wildman–Crippen LogP) is 1.73. The van der Waals surface area contributed by atoms with E-state index in [2.05, 4.69) is 19.2 Å². The van der Waals surface area contributed by atoms with Crippen molar-refractivity contribution >= 4 is 5.97 Å². The minimum Gasteiger partial charge on any atom is -0.480 e. The van der Waals surface area contributed by atoms with Gasteiger partial charge in [0.1, 0.15) is 6.04 Å². The van der Waals surface area contributed by atoms with Crippen molar-refractivity contribution in [2.45, 2.75) is 40.2 Å². The number of nitrogens with one attached hydrogen (secondary N) is 1. The van der Waals surface area contributed by atoms with E-state index in [0.717, 1.165) is 13.0 Å². The molecule has 0 heterocycles. The molecule has 0 amide bonds. The molecule has 2 atom stereocenters. The third kappa shape index (κ3) is 4.88. The number of aliphatic carboxylic acids is 1. The van der Waals surface area contributed by atoms with E-state index >= 15 is 0 Å². The summed E-state index contributed by atoms with van der Waals surface area (Å²) in [6.07, 6.45) is 1.08. The van der Waals surface area contributed by atoms with Crippen LogP contribution in [0.15, 0.2) is 0 Å². The summed E-state index contributed by atoms with van der Waals surface area (Å²) in [5.41, 5.74) is 0. The Morgan fingerprint density at radius 3 is 2.23 bits per heavy atom. The number of carboxylic acids is 1. The van der Waals surface area contributed by atoms with Gasteiger partial charge in [-0.05, 0) is 18.4 Å². The van der Waals surface area contributed by atoms with E-state index in [9.17, 15) is 4.79 Å². The van der Waals surface area contributed by atoms with Crippen LogP contribution in [0.3, 0.4) is 0 Å². The lowest BCUT2D eigenvalue weighted by Gasteiger charge is -2.19. The molecule has 0 bridgehead atoms. The van der Waals surface area contributed by atoms with E-state index in [4.69, 9.17) is 5.11 Å². The lowest BCUT2D eigenvalue weighted by Crippen LogP contribution is -2.42. The SMILES string of the molecule is CCC(C)CN[C@H](C(=O)O)C(C)C. The van der Waals surface area contributed by atoms with E-state index in [0.29, 0.717) is 5.92 Å². The Balaban J connectivity index is 3.90. The Hall–Kier alpha value is -0.570. The summed E-state index contributed by atoms with van der Waals surface area (Å²) in [5, 5.41) is 11.9. The summed E-state index contributed by atoms with van der Waals surface area (Å²) < 4.78 is 0. The van der Waals surface area contributed by atoms with Gasteiger partial charge in [0.15, 0.2) is 0 Å². The molecule has 0 aliphatic carbocycles. The van der Waals surface area contributed by atoms with Gasteiger partial charge in [0.25, 0.3) is 0 Å². The van der Waals surface area contributed by atoms with E-state index in [1.54, 1.807) is 0 Å². The zero-order valence-electron chi connectivity index (χ0n) is 9.00. The van der Waals surface area contributed by atoms with Crippen LogP contribution in [0, 0.1) is 11.8 Å². The maximum absolute atomic E-state index is 10.8. The first-order valence-corrected chi connectivity index (χ1v) is 4.95. The first-order chi connectivity index (χ1) is 5.99. The van der Waals surface area contributed by atoms with Crippen LogP contribution in [0.4, 0.5) is 0 Å². The molecule has 0 saturated heterocycles. The van der Waals surface area contributed by atoms with E-state index in [1.165, 1.54) is 0 Å². The summed E-state index contributed by atoms with van der Waals surface area (Å²) >= 11 is 0. The van der Waals surface area contributed by atoms with Crippen molar-refractivity contribution in [3.05, 3.63) is 0 Å². The molecule has 0 aliphatic heterocycles. The van der Waals surface area contributed by atoms with Crippen LogP contribution in [-0.2, 0) is 4.79 Å². The Bertz CT molecular complexity index is 157. The molecule has 0 spiro atoms. The predicted molar refractivity (Wildman–Crippen MR) is 53.7 cm³/mol. The largest absolute Gasteiger partial charge is 0.480 e. The fraction of sp³-hybridized carbons (Fsp3) is 0.900. The molecule has 13 heavy (non-hydrogen) atoms. The molecule has 0 aromatic carbocycles. The first-order valence-electron chi connectivity index (χ1n) is 4.95. The first kappa shape index (κ1) is 12.4. The van der Waals surface area contributed by atoms with Crippen LogP contribution in [-0.4, -0.2) is 23.7 Å². The highest BCUT2D eigenvalue weighted by Crippen LogP contribution is 2.04. The quantitative estimate of drug-likeness (QED) is 0.665. The summed E-state index contributed by atoms with van der Waals surface area (Å²) in [5.74, 6) is -0.0690. The molecule has 0 aromatic heterocycles. The van der Waals surface area contributed by atoms with Crippen molar-refractivity contribution in [2.75, 3.05) is 6.54 Å². The molecular weight excluding hydrogens is 166 g/mol.